The molecule has 3 aromatic rings. The van der Waals surface area contributed by atoms with E-state index in [4.69, 9.17) is 0 Å². The number of benzene rings is 1. The van der Waals surface area contributed by atoms with Crippen LogP contribution in [-0.2, 0) is 24.4 Å². The summed E-state index contributed by atoms with van der Waals surface area (Å²) >= 11 is 0. The number of nitrogens with zero attached hydrogens (tertiary/aromatic N) is 4. The van der Waals surface area contributed by atoms with Crippen molar-refractivity contribution in [3.05, 3.63) is 65.0 Å². The number of hydrogen-bond acceptors (Lipinski definition) is 3. The molecule has 6 nitrogen and oxygen atoms in total. The zero-order chi connectivity index (χ0) is 16.5. The van der Waals surface area contributed by atoms with Crippen LogP contribution in [0.25, 0.3) is 10.9 Å². The summed E-state index contributed by atoms with van der Waals surface area (Å²) in [5.41, 5.74) is 2.26. The predicted molar refractivity (Wildman–Crippen MR) is 90.5 cm³/mol. The summed E-state index contributed by atoms with van der Waals surface area (Å²) in [5, 5.41) is 1.21. The summed E-state index contributed by atoms with van der Waals surface area (Å²) in [6, 6.07) is 11.8. The van der Waals surface area contributed by atoms with Crippen LogP contribution < -0.4 is 5.56 Å². The second-order valence-electron chi connectivity index (χ2n) is 6.02. The molecule has 0 radical (unpaired) electrons. The van der Waals surface area contributed by atoms with E-state index in [2.05, 4.69) is 27.8 Å². The van der Waals surface area contributed by atoms with Crippen molar-refractivity contribution in [1.82, 2.24) is 19.0 Å². The van der Waals surface area contributed by atoms with Crippen molar-refractivity contribution < 1.29 is 4.79 Å². The molecule has 1 aliphatic heterocycles. The molecule has 6 heteroatoms. The molecular weight excluding hydrogens is 304 g/mol. The summed E-state index contributed by atoms with van der Waals surface area (Å²) in [4.78, 5) is 29.9. The molecule has 0 bridgehead atoms. The minimum atomic E-state index is -0.128. The molecule has 0 saturated heterocycles. The molecule has 0 unspecified atom stereocenters. The first-order chi connectivity index (χ1) is 11.7. The summed E-state index contributed by atoms with van der Waals surface area (Å²) in [5.74, 6) is 0.0715. The van der Waals surface area contributed by atoms with Crippen LogP contribution in [-0.4, -0.2) is 31.5 Å². The Morgan fingerprint density at radius 3 is 2.92 bits per heavy atom. The summed E-state index contributed by atoms with van der Waals surface area (Å²) in [6.07, 6.45) is 3.25. The number of aromatic nitrogens is 3. The third-order valence-electron chi connectivity index (χ3n) is 4.55. The molecule has 0 aliphatic carbocycles. The van der Waals surface area contributed by atoms with Gasteiger partial charge in [0.2, 0.25) is 5.91 Å². The number of carbonyl (C=O) groups is 1. The standard InChI is InChI=1S/C18H18N4O2/c23-17-5-7-19-13-21(17)8-6-18(24)20-9-10-22-15(12-20)11-14-3-1-2-4-16(14)22/h1-5,7,11,13H,6,8-10,12H2. The number of fused-ring (bicyclic) bond motifs is 3. The molecule has 0 fully saturated rings. The molecule has 3 heterocycles. The molecule has 0 spiro atoms. The minimum absolute atomic E-state index is 0.0715. The Morgan fingerprint density at radius 2 is 2.04 bits per heavy atom. The zero-order valence-corrected chi connectivity index (χ0v) is 13.3. The van der Waals surface area contributed by atoms with Crippen molar-refractivity contribution in [3.63, 3.8) is 0 Å². The number of amides is 1. The lowest BCUT2D eigenvalue weighted by atomic mass is 10.2. The molecule has 0 N–H and O–H groups in total. The third-order valence-corrected chi connectivity index (χ3v) is 4.55. The maximum absolute atomic E-state index is 12.5. The Hall–Kier alpha value is -2.89. The highest BCUT2D eigenvalue weighted by Crippen LogP contribution is 2.24. The maximum Gasteiger partial charge on any atom is 0.253 e. The van der Waals surface area contributed by atoms with E-state index >= 15 is 0 Å². The van der Waals surface area contributed by atoms with Gasteiger partial charge in [0.15, 0.2) is 0 Å². The van der Waals surface area contributed by atoms with Gasteiger partial charge in [0.1, 0.15) is 0 Å². The highest BCUT2D eigenvalue weighted by Gasteiger charge is 2.22. The highest BCUT2D eigenvalue weighted by atomic mass is 16.2. The van der Waals surface area contributed by atoms with Gasteiger partial charge in [0.25, 0.3) is 5.56 Å². The van der Waals surface area contributed by atoms with E-state index < -0.39 is 0 Å². The van der Waals surface area contributed by atoms with E-state index in [0.717, 1.165) is 12.2 Å². The lowest BCUT2D eigenvalue weighted by Crippen LogP contribution is -2.38. The van der Waals surface area contributed by atoms with Gasteiger partial charge in [0, 0.05) is 49.5 Å². The quantitative estimate of drug-likeness (QED) is 0.736. The van der Waals surface area contributed by atoms with Crippen molar-refractivity contribution in [2.45, 2.75) is 26.1 Å². The number of rotatable bonds is 3. The molecule has 2 aromatic heterocycles. The van der Waals surface area contributed by atoms with Gasteiger partial charge in [-0.1, -0.05) is 18.2 Å². The smallest absolute Gasteiger partial charge is 0.253 e. The Labute approximate surface area is 139 Å². The first kappa shape index (κ1) is 14.7. The minimum Gasteiger partial charge on any atom is -0.341 e. The van der Waals surface area contributed by atoms with Gasteiger partial charge in [-0.3, -0.25) is 14.2 Å². The molecule has 24 heavy (non-hydrogen) atoms. The number of aryl methyl sites for hydroxylation is 1. The van der Waals surface area contributed by atoms with Gasteiger partial charge in [0.05, 0.1) is 12.9 Å². The highest BCUT2D eigenvalue weighted by molar-refractivity contribution is 5.82. The number of hydrogen-bond donors (Lipinski definition) is 0. The Kier molecular flexibility index (Phi) is 3.65. The van der Waals surface area contributed by atoms with Gasteiger partial charge in [-0.05, 0) is 17.5 Å². The van der Waals surface area contributed by atoms with Gasteiger partial charge in [-0.15, -0.1) is 0 Å². The van der Waals surface area contributed by atoms with Crippen molar-refractivity contribution >= 4 is 16.8 Å². The molecule has 4 rings (SSSR count). The van der Waals surface area contributed by atoms with Gasteiger partial charge >= 0.3 is 0 Å². The average Bonchev–Trinajstić information content (AvgIpc) is 2.98. The van der Waals surface area contributed by atoms with Crippen LogP contribution in [0.5, 0.6) is 0 Å². The van der Waals surface area contributed by atoms with Crippen LogP contribution in [0.2, 0.25) is 0 Å². The molecule has 0 saturated carbocycles. The van der Waals surface area contributed by atoms with Crippen LogP contribution in [0.4, 0.5) is 0 Å². The number of para-hydroxylation sites is 1. The molecule has 1 amide bonds. The van der Waals surface area contributed by atoms with Crippen LogP contribution in [0.15, 0.2) is 53.7 Å². The predicted octanol–water partition coefficient (Wildman–Crippen LogP) is 1.63. The normalized spacial score (nSPS) is 13.9. The van der Waals surface area contributed by atoms with Crippen LogP contribution in [0.3, 0.4) is 0 Å². The molecule has 1 aliphatic rings. The fourth-order valence-corrected chi connectivity index (χ4v) is 3.29. The lowest BCUT2D eigenvalue weighted by Gasteiger charge is -2.29. The monoisotopic (exact) mass is 322 g/mol. The van der Waals surface area contributed by atoms with Gasteiger partial charge in [-0.25, -0.2) is 4.98 Å². The fourth-order valence-electron chi connectivity index (χ4n) is 3.29. The van der Waals surface area contributed by atoms with Gasteiger partial charge < -0.3 is 9.47 Å². The van der Waals surface area contributed by atoms with E-state index in [-0.39, 0.29) is 11.5 Å². The van der Waals surface area contributed by atoms with E-state index in [1.165, 1.54) is 34.1 Å². The van der Waals surface area contributed by atoms with Crippen molar-refractivity contribution in [2.75, 3.05) is 6.54 Å². The molecule has 1 aromatic carbocycles. The van der Waals surface area contributed by atoms with Crippen molar-refractivity contribution in [2.24, 2.45) is 0 Å². The third kappa shape index (κ3) is 2.60. The van der Waals surface area contributed by atoms with E-state index in [9.17, 15) is 9.59 Å². The fraction of sp³-hybridized carbons (Fsp3) is 0.278. The Morgan fingerprint density at radius 1 is 1.17 bits per heavy atom. The maximum atomic E-state index is 12.5. The molecule has 0 atom stereocenters. The largest absolute Gasteiger partial charge is 0.341 e. The SMILES string of the molecule is O=C(CCn1cnccc1=O)N1CCn2c(cc3ccccc32)C1. The topological polar surface area (TPSA) is 60.1 Å². The van der Waals surface area contributed by atoms with Crippen LogP contribution in [0, 0.1) is 0 Å². The summed E-state index contributed by atoms with van der Waals surface area (Å²) in [6.45, 7) is 2.49. The molecular formula is C18H18N4O2. The molecule has 122 valence electrons. The van der Waals surface area contributed by atoms with Crippen LogP contribution >= 0.6 is 0 Å². The first-order valence-electron chi connectivity index (χ1n) is 8.08. The van der Waals surface area contributed by atoms with E-state index in [0.29, 0.717) is 26.1 Å². The first-order valence-corrected chi connectivity index (χ1v) is 8.08. The van der Waals surface area contributed by atoms with Crippen molar-refractivity contribution in [1.29, 1.82) is 0 Å². The zero-order valence-electron chi connectivity index (χ0n) is 13.3. The second kappa shape index (κ2) is 5.96. The Balaban J connectivity index is 1.47. The Bertz CT molecular complexity index is 957. The lowest BCUT2D eigenvalue weighted by molar-refractivity contribution is -0.132. The van der Waals surface area contributed by atoms with E-state index in [1.807, 2.05) is 17.0 Å². The number of carbonyl (C=O) groups excluding carboxylic acids is 1. The average molecular weight is 322 g/mol. The van der Waals surface area contributed by atoms with Gasteiger partial charge in [-0.2, -0.15) is 0 Å². The second-order valence-corrected chi connectivity index (χ2v) is 6.02. The summed E-state index contributed by atoms with van der Waals surface area (Å²) < 4.78 is 3.75. The summed E-state index contributed by atoms with van der Waals surface area (Å²) in [7, 11) is 0. The van der Waals surface area contributed by atoms with Crippen molar-refractivity contribution in [3.8, 4) is 0 Å². The van der Waals surface area contributed by atoms with Crippen LogP contribution in [0.1, 0.15) is 12.1 Å². The van der Waals surface area contributed by atoms with E-state index in [1.54, 1.807) is 0 Å².